The molecule has 2 aromatic rings. The molecule has 0 fully saturated rings. The van der Waals surface area contributed by atoms with Gasteiger partial charge in [0.05, 0.1) is 0 Å². The molecular weight excluding hydrogens is 258 g/mol. The molecule has 1 aromatic heterocycles. The minimum atomic E-state index is 0.0680. The van der Waals surface area contributed by atoms with E-state index < -0.39 is 0 Å². The van der Waals surface area contributed by atoms with Crippen LogP contribution in [0.2, 0.25) is 0 Å². The molecule has 0 N–H and O–H groups in total. The lowest BCUT2D eigenvalue weighted by Crippen LogP contribution is -1.89. The number of benzene rings is 1. The number of thiazole rings is 1. The molecule has 2 rings (SSSR count). The van der Waals surface area contributed by atoms with Crippen LogP contribution in [0, 0.1) is 6.92 Å². The number of carbonyl (C=O) groups is 1. The Labute approximate surface area is 106 Å². The predicted molar refractivity (Wildman–Crippen MR) is 71.1 cm³/mol. The molecular formula is C11H9NOS3. The van der Waals surface area contributed by atoms with Gasteiger partial charge in [0.25, 0.3) is 0 Å². The van der Waals surface area contributed by atoms with Crippen molar-refractivity contribution in [1.82, 2.24) is 4.98 Å². The summed E-state index contributed by atoms with van der Waals surface area (Å²) < 4.78 is 0.923. The molecule has 16 heavy (non-hydrogen) atoms. The van der Waals surface area contributed by atoms with Crippen molar-refractivity contribution < 1.29 is 4.79 Å². The van der Waals surface area contributed by atoms with E-state index in [1.807, 2.05) is 42.6 Å². The van der Waals surface area contributed by atoms with Crippen LogP contribution in [-0.2, 0) is 0 Å². The molecule has 0 amide bonds. The van der Waals surface area contributed by atoms with Gasteiger partial charge >= 0.3 is 0 Å². The molecule has 1 heterocycles. The van der Waals surface area contributed by atoms with E-state index in [-0.39, 0.29) is 5.12 Å². The second-order valence-corrected chi connectivity index (χ2v) is 6.28. The van der Waals surface area contributed by atoms with E-state index in [1.165, 1.54) is 21.6 Å². The zero-order valence-corrected chi connectivity index (χ0v) is 11.0. The summed E-state index contributed by atoms with van der Waals surface area (Å²) in [7, 11) is 2.64. The normalized spacial score (nSPS) is 10.3. The van der Waals surface area contributed by atoms with Gasteiger partial charge in [0.1, 0.15) is 0 Å². The van der Waals surface area contributed by atoms with Crippen molar-refractivity contribution in [2.75, 3.05) is 0 Å². The van der Waals surface area contributed by atoms with Gasteiger partial charge in [0.2, 0.25) is 5.12 Å². The first-order chi connectivity index (χ1) is 7.75. The molecule has 5 heteroatoms. The van der Waals surface area contributed by atoms with Crippen molar-refractivity contribution >= 4 is 38.0 Å². The highest BCUT2D eigenvalue weighted by molar-refractivity contribution is 8.82. The lowest BCUT2D eigenvalue weighted by atomic mass is 10.2. The molecule has 82 valence electrons. The number of aryl methyl sites for hydroxylation is 1. The largest absolute Gasteiger partial charge is 0.281 e. The molecule has 0 aliphatic heterocycles. The van der Waals surface area contributed by atoms with E-state index in [0.717, 1.165) is 15.6 Å². The van der Waals surface area contributed by atoms with Crippen LogP contribution in [0.1, 0.15) is 16.1 Å². The van der Waals surface area contributed by atoms with Crippen LogP contribution in [0.15, 0.2) is 40.1 Å². The predicted octanol–water partition coefficient (Wildman–Crippen LogP) is 4.03. The summed E-state index contributed by atoms with van der Waals surface area (Å²) in [6.07, 6.45) is 0. The minimum absolute atomic E-state index is 0.0680. The molecule has 2 nitrogen and oxygen atoms in total. The van der Waals surface area contributed by atoms with Gasteiger partial charge in [-0.3, -0.25) is 4.79 Å². The highest BCUT2D eigenvalue weighted by Crippen LogP contribution is 2.35. The molecule has 0 atom stereocenters. The summed E-state index contributed by atoms with van der Waals surface area (Å²) in [4.78, 5) is 16.0. The Bertz CT molecular complexity index is 481. The van der Waals surface area contributed by atoms with Crippen LogP contribution in [0.25, 0.3) is 0 Å². The van der Waals surface area contributed by atoms with Crippen LogP contribution < -0.4 is 0 Å². The Hall–Kier alpha value is -0.780. The third-order valence-electron chi connectivity index (χ3n) is 1.80. The topological polar surface area (TPSA) is 30.0 Å². The van der Waals surface area contributed by atoms with E-state index >= 15 is 0 Å². The van der Waals surface area contributed by atoms with Crippen LogP contribution >= 0.6 is 32.9 Å². The maximum atomic E-state index is 11.7. The van der Waals surface area contributed by atoms with Gasteiger partial charge in [-0.25, -0.2) is 4.98 Å². The Morgan fingerprint density at radius 1 is 1.31 bits per heavy atom. The maximum absolute atomic E-state index is 11.7. The summed E-state index contributed by atoms with van der Waals surface area (Å²) >= 11 is 1.57. The summed E-state index contributed by atoms with van der Waals surface area (Å²) in [5.41, 5.74) is 1.73. The number of carbonyl (C=O) groups excluding carboxylic acids is 1. The van der Waals surface area contributed by atoms with E-state index in [1.54, 1.807) is 11.3 Å². The number of hydrogen-bond donors (Lipinski definition) is 0. The zero-order chi connectivity index (χ0) is 11.4. The van der Waals surface area contributed by atoms with Crippen molar-refractivity contribution in [2.45, 2.75) is 11.3 Å². The van der Waals surface area contributed by atoms with E-state index in [9.17, 15) is 4.79 Å². The van der Waals surface area contributed by atoms with Gasteiger partial charge in [-0.1, -0.05) is 30.3 Å². The van der Waals surface area contributed by atoms with Crippen molar-refractivity contribution in [3.8, 4) is 0 Å². The summed E-state index contributed by atoms with van der Waals surface area (Å²) in [6, 6.07) is 9.28. The fourth-order valence-corrected chi connectivity index (χ4v) is 3.95. The van der Waals surface area contributed by atoms with Gasteiger partial charge in [0.15, 0.2) is 4.34 Å². The fourth-order valence-electron chi connectivity index (χ4n) is 1.07. The van der Waals surface area contributed by atoms with Crippen LogP contribution in [-0.4, -0.2) is 10.1 Å². The quantitative estimate of drug-likeness (QED) is 0.785. The van der Waals surface area contributed by atoms with Crippen LogP contribution in [0.5, 0.6) is 0 Å². The number of hydrogen-bond acceptors (Lipinski definition) is 5. The second kappa shape index (κ2) is 5.52. The van der Waals surface area contributed by atoms with E-state index in [4.69, 9.17) is 0 Å². The highest BCUT2D eigenvalue weighted by atomic mass is 33.1. The van der Waals surface area contributed by atoms with Crippen LogP contribution in [0.4, 0.5) is 0 Å². The molecule has 0 saturated heterocycles. The molecule has 0 spiro atoms. The van der Waals surface area contributed by atoms with E-state index in [2.05, 4.69) is 4.98 Å². The first-order valence-electron chi connectivity index (χ1n) is 4.62. The lowest BCUT2D eigenvalue weighted by molar-refractivity contribution is 0.109. The number of nitrogens with zero attached hydrogens (tertiary/aromatic N) is 1. The van der Waals surface area contributed by atoms with Crippen LogP contribution in [0.3, 0.4) is 0 Å². The smallest absolute Gasteiger partial charge is 0.230 e. The molecule has 0 aliphatic carbocycles. The molecule has 0 aliphatic rings. The lowest BCUT2D eigenvalue weighted by Gasteiger charge is -1.97. The van der Waals surface area contributed by atoms with Crippen molar-refractivity contribution in [1.29, 1.82) is 0 Å². The van der Waals surface area contributed by atoms with Gasteiger partial charge in [-0.2, -0.15) is 0 Å². The monoisotopic (exact) mass is 267 g/mol. The van der Waals surface area contributed by atoms with E-state index in [0.29, 0.717) is 0 Å². The first kappa shape index (κ1) is 11.7. The third kappa shape index (κ3) is 3.10. The van der Waals surface area contributed by atoms with Gasteiger partial charge in [0, 0.05) is 16.6 Å². The average molecular weight is 267 g/mol. The summed E-state index contributed by atoms with van der Waals surface area (Å²) in [5.74, 6) is 0. The Morgan fingerprint density at radius 2 is 2.06 bits per heavy atom. The second-order valence-electron chi connectivity index (χ2n) is 3.07. The molecule has 1 aromatic carbocycles. The minimum Gasteiger partial charge on any atom is -0.281 e. The Balaban J connectivity index is 1.94. The summed E-state index contributed by atoms with van der Waals surface area (Å²) in [6.45, 7) is 1.95. The molecule has 0 radical (unpaired) electrons. The first-order valence-corrected chi connectivity index (χ1v) is 7.64. The maximum Gasteiger partial charge on any atom is 0.230 e. The zero-order valence-electron chi connectivity index (χ0n) is 8.54. The summed E-state index contributed by atoms with van der Waals surface area (Å²) in [5, 5.41) is 2.05. The van der Waals surface area contributed by atoms with Gasteiger partial charge in [-0.15, -0.1) is 11.3 Å². The van der Waals surface area contributed by atoms with Gasteiger partial charge in [-0.05, 0) is 28.5 Å². The third-order valence-corrected chi connectivity index (χ3v) is 5.29. The Kier molecular flexibility index (Phi) is 4.04. The van der Waals surface area contributed by atoms with Crippen molar-refractivity contribution in [3.63, 3.8) is 0 Å². The SMILES string of the molecule is Cc1csc(SSC(=O)c2ccccc2)n1. The molecule has 0 unspecified atom stereocenters. The Morgan fingerprint density at radius 3 is 2.69 bits per heavy atom. The number of aromatic nitrogens is 1. The van der Waals surface area contributed by atoms with Gasteiger partial charge < -0.3 is 0 Å². The van der Waals surface area contributed by atoms with Crippen molar-refractivity contribution in [3.05, 3.63) is 47.0 Å². The standard InChI is InChI=1S/C11H9NOS3/c1-8-7-14-11(12-8)16-15-10(13)9-5-3-2-4-6-9/h2-7H,1H3. The van der Waals surface area contributed by atoms with Crippen molar-refractivity contribution in [2.24, 2.45) is 0 Å². The number of rotatable bonds is 3. The molecule has 0 bridgehead atoms. The molecule has 0 saturated carbocycles. The average Bonchev–Trinajstić information content (AvgIpc) is 2.73. The fraction of sp³-hybridized carbons (Fsp3) is 0.0909. The highest BCUT2D eigenvalue weighted by Gasteiger charge is 2.08.